The van der Waals surface area contributed by atoms with E-state index in [0.717, 1.165) is 12.8 Å². The van der Waals surface area contributed by atoms with Gasteiger partial charge < -0.3 is 15.7 Å². The Kier molecular flexibility index (Phi) is 6.02. The summed E-state index contributed by atoms with van der Waals surface area (Å²) in [5.74, 6) is 0.0111. The Bertz CT molecular complexity index is 404. The normalized spacial score (nSPS) is 17.4. The van der Waals surface area contributed by atoms with Crippen molar-refractivity contribution in [3.8, 4) is 0 Å². The number of rotatable bonds is 9. The summed E-state index contributed by atoms with van der Waals surface area (Å²) in [5.41, 5.74) is 5.38. The Morgan fingerprint density at radius 2 is 2.16 bits per heavy atom. The molecule has 0 spiro atoms. The van der Waals surface area contributed by atoms with Crippen LogP contribution in [-0.4, -0.2) is 54.8 Å². The topological polar surface area (TPSA) is 105 Å². The zero-order valence-electron chi connectivity index (χ0n) is 11.4. The highest BCUT2D eigenvalue weighted by Gasteiger charge is 2.36. The molecule has 1 aliphatic carbocycles. The summed E-state index contributed by atoms with van der Waals surface area (Å²) in [6.07, 6.45) is 2.00. The molecule has 0 heterocycles. The van der Waals surface area contributed by atoms with Crippen molar-refractivity contribution in [2.75, 3.05) is 18.9 Å². The molecular weight excluding hydrogens is 270 g/mol. The molecule has 0 radical (unpaired) electrons. The third-order valence-corrected chi connectivity index (χ3v) is 4.70. The summed E-state index contributed by atoms with van der Waals surface area (Å²) < 4.78 is 31.1. The maximum Gasteiger partial charge on any atom is 0.216 e. The number of nitrogens with two attached hydrogens (primary N) is 1. The SMILES string of the molecule is CC(C)OCCS(=O)(=O)N(CCC(N)=NO)C1CC1. The third kappa shape index (κ3) is 5.75. The molecule has 0 aliphatic heterocycles. The maximum absolute atomic E-state index is 12.2. The van der Waals surface area contributed by atoms with Gasteiger partial charge in [0.05, 0.1) is 18.5 Å². The summed E-state index contributed by atoms with van der Waals surface area (Å²) in [5, 5.41) is 11.3. The first-order chi connectivity index (χ1) is 8.86. The van der Waals surface area contributed by atoms with Crippen molar-refractivity contribution in [3.05, 3.63) is 0 Å². The van der Waals surface area contributed by atoms with Crippen LogP contribution in [0.3, 0.4) is 0 Å². The van der Waals surface area contributed by atoms with Crippen molar-refractivity contribution in [1.82, 2.24) is 4.31 Å². The van der Waals surface area contributed by atoms with Crippen LogP contribution in [0.1, 0.15) is 33.1 Å². The van der Waals surface area contributed by atoms with Crippen LogP contribution in [-0.2, 0) is 14.8 Å². The fraction of sp³-hybridized carbons (Fsp3) is 0.909. The molecule has 0 unspecified atom stereocenters. The minimum atomic E-state index is -3.34. The van der Waals surface area contributed by atoms with Gasteiger partial charge in [-0.3, -0.25) is 0 Å². The molecule has 1 fully saturated rings. The van der Waals surface area contributed by atoms with Crippen LogP contribution >= 0.6 is 0 Å². The summed E-state index contributed by atoms with van der Waals surface area (Å²) >= 11 is 0. The number of sulfonamides is 1. The van der Waals surface area contributed by atoms with Gasteiger partial charge in [0.15, 0.2) is 0 Å². The minimum Gasteiger partial charge on any atom is -0.409 e. The zero-order chi connectivity index (χ0) is 14.5. The molecule has 0 amide bonds. The van der Waals surface area contributed by atoms with Crippen molar-refractivity contribution in [2.24, 2.45) is 10.9 Å². The van der Waals surface area contributed by atoms with E-state index in [1.54, 1.807) is 0 Å². The molecule has 0 saturated heterocycles. The van der Waals surface area contributed by atoms with E-state index in [9.17, 15) is 8.42 Å². The van der Waals surface area contributed by atoms with E-state index in [-0.39, 0.29) is 43.3 Å². The van der Waals surface area contributed by atoms with Gasteiger partial charge in [-0.05, 0) is 26.7 Å². The molecule has 1 aliphatic rings. The maximum atomic E-state index is 12.2. The van der Waals surface area contributed by atoms with Crippen LogP contribution in [0.5, 0.6) is 0 Å². The Balaban J connectivity index is 2.54. The van der Waals surface area contributed by atoms with Gasteiger partial charge in [-0.15, -0.1) is 0 Å². The average molecular weight is 293 g/mol. The lowest BCUT2D eigenvalue weighted by molar-refractivity contribution is 0.0906. The van der Waals surface area contributed by atoms with E-state index in [1.165, 1.54) is 4.31 Å². The number of amidine groups is 1. The lowest BCUT2D eigenvalue weighted by atomic mass is 10.4. The van der Waals surface area contributed by atoms with Gasteiger partial charge in [-0.1, -0.05) is 5.16 Å². The van der Waals surface area contributed by atoms with Gasteiger partial charge in [0, 0.05) is 19.0 Å². The molecular formula is C11H23N3O4S. The predicted molar refractivity (Wildman–Crippen MR) is 72.6 cm³/mol. The molecule has 7 nitrogen and oxygen atoms in total. The highest BCUT2D eigenvalue weighted by atomic mass is 32.2. The largest absolute Gasteiger partial charge is 0.409 e. The van der Waals surface area contributed by atoms with Crippen LogP contribution < -0.4 is 5.73 Å². The van der Waals surface area contributed by atoms with Crippen LogP contribution in [0, 0.1) is 0 Å². The summed E-state index contributed by atoms with van der Waals surface area (Å²) in [4.78, 5) is 0. The number of hydrogen-bond acceptors (Lipinski definition) is 5. The van der Waals surface area contributed by atoms with E-state index in [0.29, 0.717) is 0 Å². The number of hydrogen-bond donors (Lipinski definition) is 2. The van der Waals surface area contributed by atoms with Gasteiger partial charge >= 0.3 is 0 Å². The standard InChI is InChI=1S/C11H23N3O4S/c1-9(2)18-7-8-19(16,17)14(10-3-4-10)6-5-11(12)13-15/h9-10,15H,3-8H2,1-2H3,(H2,12,13). The number of ether oxygens (including phenoxy) is 1. The van der Waals surface area contributed by atoms with E-state index in [1.807, 2.05) is 13.8 Å². The first-order valence-electron chi connectivity index (χ1n) is 6.44. The van der Waals surface area contributed by atoms with Crippen LogP contribution in [0.4, 0.5) is 0 Å². The molecule has 0 atom stereocenters. The lowest BCUT2D eigenvalue weighted by Crippen LogP contribution is -2.38. The van der Waals surface area contributed by atoms with Gasteiger partial charge in [0.2, 0.25) is 10.0 Å². The molecule has 112 valence electrons. The third-order valence-electron chi connectivity index (χ3n) is 2.82. The molecule has 19 heavy (non-hydrogen) atoms. The number of nitrogens with zero attached hydrogens (tertiary/aromatic N) is 2. The first-order valence-corrected chi connectivity index (χ1v) is 8.05. The molecule has 0 aromatic carbocycles. The van der Waals surface area contributed by atoms with Crippen molar-refractivity contribution in [3.63, 3.8) is 0 Å². The summed E-state index contributed by atoms with van der Waals surface area (Å²) in [6.45, 7) is 4.17. The lowest BCUT2D eigenvalue weighted by Gasteiger charge is -2.21. The number of oxime groups is 1. The molecule has 0 aromatic heterocycles. The second-order valence-corrected chi connectivity index (χ2v) is 6.96. The Morgan fingerprint density at radius 3 is 2.63 bits per heavy atom. The average Bonchev–Trinajstić information content (AvgIpc) is 3.12. The molecule has 8 heteroatoms. The fourth-order valence-corrected chi connectivity index (χ4v) is 3.27. The zero-order valence-corrected chi connectivity index (χ0v) is 12.3. The van der Waals surface area contributed by atoms with Crippen LogP contribution in [0.25, 0.3) is 0 Å². The fourth-order valence-electron chi connectivity index (χ4n) is 1.69. The monoisotopic (exact) mass is 293 g/mol. The van der Waals surface area contributed by atoms with Gasteiger partial charge in [-0.2, -0.15) is 4.31 Å². The van der Waals surface area contributed by atoms with Crippen molar-refractivity contribution in [1.29, 1.82) is 0 Å². The first kappa shape index (κ1) is 16.2. The highest BCUT2D eigenvalue weighted by molar-refractivity contribution is 7.89. The highest BCUT2D eigenvalue weighted by Crippen LogP contribution is 2.29. The Labute approximate surface area is 114 Å². The smallest absolute Gasteiger partial charge is 0.216 e. The molecule has 3 N–H and O–H groups in total. The molecule has 0 bridgehead atoms. The molecule has 0 aromatic rings. The quantitative estimate of drug-likeness (QED) is 0.276. The summed E-state index contributed by atoms with van der Waals surface area (Å²) in [7, 11) is -3.34. The predicted octanol–water partition coefficient (Wildman–Crippen LogP) is 0.342. The van der Waals surface area contributed by atoms with E-state index in [4.69, 9.17) is 15.7 Å². The molecule has 1 saturated carbocycles. The van der Waals surface area contributed by atoms with Crippen molar-refractivity contribution in [2.45, 2.75) is 45.3 Å². The van der Waals surface area contributed by atoms with Gasteiger partial charge in [-0.25, -0.2) is 8.42 Å². The Morgan fingerprint density at radius 1 is 1.53 bits per heavy atom. The van der Waals surface area contributed by atoms with E-state index in [2.05, 4.69) is 5.16 Å². The minimum absolute atomic E-state index is 0.0155. The molecule has 1 rings (SSSR count). The van der Waals surface area contributed by atoms with E-state index < -0.39 is 10.0 Å². The van der Waals surface area contributed by atoms with Crippen LogP contribution in [0.2, 0.25) is 0 Å². The van der Waals surface area contributed by atoms with Crippen LogP contribution in [0.15, 0.2) is 5.16 Å². The second kappa shape index (κ2) is 7.06. The Hall–Kier alpha value is -0.860. The second-order valence-electron chi connectivity index (χ2n) is 4.92. The van der Waals surface area contributed by atoms with E-state index >= 15 is 0 Å². The summed E-state index contributed by atoms with van der Waals surface area (Å²) in [6, 6.07) is 0.0653. The van der Waals surface area contributed by atoms with Crippen molar-refractivity contribution >= 4 is 15.9 Å². The van der Waals surface area contributed by atoms with Crippen molar-refractivity contribution < 1.29 is 18.4 Å². The van der Waals surface area contributed by atoms with Gasteiger partial charge in [0.25, 0.3) is 0 Å². The van der Waals surface area contributed by atoms with Gasteiger partial charge in [0.1, 0.15) is 5.84 Å².